The second-order valence-corrected chi connectivity index (χ2v) is 6.70. The minimum absolute atomic E-state index is 0.275. The quantitative estimate of drug-likeness (QED) is 0.468. The van der Waals surface area contributed by atoms with Gasteiger partial charge in [0, 0.05) is 22.4 Å². The molecule has 0 aliphatic rings. The number of carbonyl (C=O) groups excluding carboxylic acids is 1. The largest absolute Gasteiger partial charge is 0.495 e. The van der Waals surface area contributed by atoms with Crippen LogP contribution in [0.15, 0.2) is 52.9 Å². The van der Waals surface area contributed by atoms with Gasteiger partial charge >= 0.3 is 0 Å². The van der Waals surface area contributed by atoms with Crippen LogP contribution in [-0.4, -0.2) is 27.2 Å². The summed E-state index contributed by atoms with van der Waals surface area (Å²) in [7, 11) is 4.51. The first-order valence-corrected chi connectivity index (χ1v) is 9.15. The van der Waals surface area contributed by atoms with Gasteiger partial charge in [-0.2, -0.15) is 0 Å². The van der Waals surface area contributed by atoms with E-state index in [9.17, 15) is 4.79 Å². The Balaban J connectivity index is 1.74. The van der Waals surface area contributed by atoms with E-state index in [0.717, 1.165) is 16.4 Å². The number of anilines is 1. The number of benzene rings is 3. The van der Waals surface area contributed by atoms with Crippen LogP contribution in [0.5, 0.6) is 17.2 Å². The molecule has 4 rings (SSSR count). The zero-order valence-electron chi connectivity index (χ0n) is 16.0. The lowest BCUT2D eigenvalue weighted by atomic mass is 10.1. The summed E-state index contributed by atoms with van der Waals surface area (Å²) in [5.41, 5.74) is 2.21. The Labute approximate surface area is 171 Å². The lowest BCUT2D eigenvalue weighted by molar-refractivity contribution is 0.102. The van der Waals surface area contributed by atoms with Gasteiger partial charge in [-0.15, -0.1) is 0 Å². The normalized spacial score (nSPS) is 10.9. The Kier molecular flexibility index (Phi) is 4.94. The van der Waals surface area contributed by atoms with Crippen molar-refractivity contribution < 1.29 is 23.4 Å². The Morgan fingerprint density at radius 3 is 2.38 bits per heavy atom. The highest BCUT2D eigenvalue weighted by atomic mass is 35.5. The fourth-order valence-corrected chi connectivity index (χ4v) is 3.55. The summed E-state index contributed by atoms with van der Waals surface area (Å²) in [5.74, 6) is 0.877. The van der Waals surface area contributed by atoms with Crippen molar-refractivity contribution in [1.29, 1.82) is 0 Å². The van der Waals surface area contributed by atoms with Gasteiger partial charge in [0.2, 0.25) is 0 Å². The number of carbonyl (C=O) groups is 1. The van der Waals surface area contributed by atoms with Crippen LogP contribution >= 0.6 is 11.6 Å². The summed E-state index contributed by atoms with van der Waals surface area (Å²) in [6.45, 7) is 0. The van der Waals surface area contributed by atoms with Gasteiger partial charge in [0.1, 0.15) is 16.9 Å². The molecule has 1 heterocycles. The topological polar surface area (TPSA) is 69.9 Å². The molecule has 0 bridgehead atoms. The molecular formula is C22H18ClNO5. The van der Waals surface area contributed by atoms with Crippen LogP contribution in [0.3, 0.4) is 0 Å². The number of fused-ring (bicyclic) bond motifs is 3. The van der Waals surface area contributed by atoms with Gasteiger partial charge in [-0.3, -0.25) is 4.79 Å². The van der Waals surface area contributed by atoms with Crippen LogP contribution in [0.1, 0.15) is 10.4 Å². The standard InChI is InChI=1S/C22H18ClNO5/c1-26-19-10-14-13-6-4-5-7-17(13)29-18(14)11-16(19)24-22(25)12-8-15(23)21(28-3)20(9-12)27-2/h4-11H,1-3H3,(H,24,25). The predicted octanol–water partition coefficient (Wildman–Crippen LogP) is 5.52. The van der Waals surface area contributed by atoms with Gasteiger partial charge in [-0.1, -0.05) is 29.8 Å². The van der Waals surface area contributed by atoms with Crippen molar-refractivity contribution in [2.45, 2.75) is 0 Å². The van der Waals surface area contributed by atoms with Crippen molar-refractivity contribution in [2.24, 2.45) is 0 Å². The van der Waals surface area contributed by atoms with E-state index in [2.05, 4.69) is 5.32 Å². The van der Waals surface area contributed by atoms with Crippen molar-refractivity contribution in [3.8, 4) is 17.2 Å². The summed E-state index contributed by atoms with van der Waals surface area (Å²) < 4.78 is 21.9. The average Bonchev–Trinajstić information content (AvgIpc) is 3.09. The number of furan rings is 1. The highest BCUT2D eigenvalue weighted by molar-refractivity contribution is 6.32. The van der Waals surface area contributed by atoms with Crippen LogP contribution < -0.4 is 19.5 Å². The van der Waals surface area contributed by atoms with E-state index in [1.54, 1.807) is 19.2 Å². The molecule has 3 aromatic carbocycles. The molecule has 1 N–H and O–H groups in total. The maximum atomic E-state index is 12.9. The van der Waals surface area contributed by atoms with E-state index in [0.29, 0.717) is 34.1 Å². The third-order valence-corrected chi connectivity index (χ3v) is 4.92. The van der Waals surface area contributed by atoms with Gasteiger partial charge in [0.25, 0.3) is 5.91 Å². The lowest BCUT2D eigenvalue weighted by Crippen LogP contribution is -2.13. The van der Waals surface area contributed by atoms with Crippen LogP contribution in [0.2, 0.25) is 5.02 Å². The number of rotatable bonds is 5. The molecule has 4 aromatic rings. The second kappa shape index (κ2) is 7.56. The first-order valence-electron chi connectivity index (χ1n) is 8.78. The molecule has 0 atom stereocenters. The Bertz CT molecular complexity index is 1230. The smallest absolute Gasteiger partial charge is 0.255 e. The first-order chi connectivity index (χ1) is 14.0. The molecule has 0 aliphatic heterocycles. The number of amides is 1. The summed E-state index contributed by atoms with van der Waals surface area (Å²) in [6.07, 6.45) is 0. The molecule has 0 saturated heterocycles. The maximum Gasteiger partial charge on any atom is 0.255 e. The van der Waals surface area contributed by atoms with E-state index >= 15 is 0 Å². The SMILES string of the molecule is COc1cc2c(cc1NC(=O)c1cc(Cl)c(OC)c(OC)c1)oc1ccccc12. The van der Waals surface area contributed by atoms with Gasteiger partial charge in [0.15, 0.2) is 11.5 Å². The molecule has 6 nitrogen and oxygen atoms in total. The second-order valence-electron chi connectivity index (χ2n) is 6.29. The van der Waals surface area contributed by atoms with Crippen LogP contribution in [-0.2, 0) is 0 Å². The highest BCUT2D eigenvalue weighted by Crippen LogP contribution is 2.38. The molecular weight excluding hydrogens is 394 g/mol. The number of nitrogens with one attached hydrogen (secondary N) is 1. The van der Waals surface area contributed by atoms with Gasteiger partial charge in [-0.25, -0.2) is 0 Å². The van der Waals surface area contributed by atoms with Crippen LogP contribution in [0.4, 0.5) is 5.69 Å². The van der Waals surface area contributed by atoms with E-state index in [-0.39, 0.29) is 10.9 Å². The molecule has 7 heteroatoms. The zero-order valence-corrected chi connectivity index (χ0v) is 16.8. The number of hydrogen-bond donors (Lipinski definition) is 1. The Morgan fingerprint density at radius 2 is 1.66 bits per heavy atom. The molecule has 0 aliphatic carbocycles. The molecule has 0 unspecified atom stereocenters. The van der Waals surface area contributed by atoms with Crippen molar-refractivity contribution in [1.82, 2.24) is 0 Å². The summed E-state index contributed by atoms with van der Waals surface area (Å²) in [6, 6.07) is 14.4. The number of ether oxygens (including phenoxy) is 3. The summed E-state index contributed by atoms with van der Waals surface area (Å²) in [4.78, 5) is 12.9. The van der Waals surface area contributed by atoms with Crippen molar-refractivity contribution in [3.05, 3.63) is 59.1 Å². The molecule has 1 amide bonds. The van der Waals surface area contributed by atoms with Crippen molar-refractivity contribution in [3.63, 3.8) is 0 Å². The molecule has 0 saturated carbocycles. The number of para-hydroxylation sites is 1. The van der Waals surface area contributed by atoms with Crippen LogP contribution in [0.25, 0.3) is 21.9 Å². The Hall–Kier alpha value is -3.38. The summed E-state index contributed by atoms with van der Waals surface area (Å²) in [5, 5.41) is 5.01. The average molecular weight is 412 g/mol. The monoisotopic (exact) mass is 411 g/mol. The van der Waals surface area contributed by atoms with Gasteiger partial charge in [0.05, 0.1) is 32.0 Å². The predicted molar refractivity (Wildman–Crippen MR) is 113 cm³/mol. The summed E-state index contributed by atoms with van der Waals surface area (Å²) >= 11 is 6.22. The molecule has 0 spiro atoms. The van der Waals surface area contributed by atoms with Crippen molar-refractivity contribution in [2.75, 3.05) is 26.6 Å². The molecule has 148 valence electrons. The maximum absolute atomic E-state index is 12.9. The van der Waals surface area contributed by atoms with Crippen LogP contribution in [0, 0.1) is 0 Å². The van der Waals surface area contributed by atoms with E-state index in [1.807, 2.05) is 30.3 Å². The number of methoxy groups -OCH3 is 3. The number of halogens is 1. The van der Waals surface area contributed by atoms with E-state index in [1.165, 1.54) is 20.3 Å². The fraction of sp³-hybridized carbons (Fsp3) is 0.136. The number of hydrogen-bond acceptors (Lipinski definition) is 5. The molecule has 1 aromatic heterocycles. The zero-order chi connectivity index (χ0) is 20.5. The molecule has 0 radical (unpaired) electrons. The van der Waals surface area contributed by atoms with E-state index < -0.39 is 0 Å². The highest BCUT2D eigenvalue weighted by Gasteiger charge is 2.18. The van der Waals surface area contributed by atoms with E-state index in [4.69, 9.17) is 30.2 Å². The minimum Gasteiger partial charge on any atom is -0.495 e. The third-order valence-electron chi connectivity index (χ3n) is 4.64. The lowest BCUT2D eigenvalue weighted by Gasteiger charge is -2.13. The van der Waals surface area contributed by atoms with Gasteiger partial charge < -0.3 is 23.9 Å². The molecule has 29 heavy (non-hydrogen) atoms. The van der Waals surface area contributed by atoms with Gasteiger partial charge in [-0.05, 0) is 24.3 Å². The first kappa shape index (κ1) is 19.0. The minimum atomic E-state index is -0.374. The molecule has 0 fully saturated rings. The third kappa shape index (κ3) is 3.32. The fourth-order valence-electron chi connectivity index (χ4n) is 3.26. The Morgan fingerprint density at radius 1 is 0.897 bits per heavy atom. The van der Waals surface area contributed by atoms with Crippen molar-refractivity contribution >= 4 is 45.1 Å².